The third kappa shape index (κ3) is 7.20. The van der Waals surface area contributed by atoms with Crippen molar-refractivity contribution in [3.05, 3.63) is 53.1 Å². The van der Waals surface area contributed by atoms with Crippen LogP contribution in [0.4, 0.5) is 0 Å². The first-order chi connectivity index (χ1) is 17.1. The maximum Gasteiger partial charge on any atom is 0.342 e. The van der Waals surface area contributed by atoms with E-state index in [2.05, 4.69) is 0 Å². The Balaban J connectivity index is 2.66. The predicted molar refractivity (Wildman–Crippen MR) is 128 cm³/mol. The van der Waals surface area contributed by atoms with Crippen molar-refractivity contribution in [2.45, 2.75) is 39.0 Å². The van der Waals surface area contributed by atoms with Crippen molar-refractivity contribution in [3.8, 4) is 11.5 Å². The van der Waals surface area contributed by atoms with Gasteiger partial charge in [0.1, 0.15) is 16.2 Å². The summed E-state index contributed by atoms with van der Waals surface area (Å²) in [6.07, 6.45) is -0.357. The molecule has 0 saturated carbocycles. The number of rotatable bonds is 12. The molecule has 0 radical (unpaired) electrons. The molecule has 2 aromatic rings. The molecule has 0 aliphatic heterocycles. The summed E-state index contributed by atoms with van der Waals surface area (Å²) in [7, 11) is -3.04. The Labute approximate surface area is 210 Å². The fourth-order valence-electron chi connectivity index (χ4n) is 3.26. The van der Waals surface area contributed by atoms with Crippen LogP contribution in [-0.2, 0) is 40.3 Å². The number of hydrogen-bond donors (Lipinski definition) is 0. The number of methoxy groups -OCH3 is 1. The number of aryl methyl sites for hydroxylation is 1. The van der Waals surface area contributed by atoms with Crippen molar-refractivity contribution in [2.24, 2.45) is 5.92 Å². The van der Waals surface area contributed by atoms with E-state index in [1.54, 1.807) is 39.8 Å². The Morgan fingerprint density at radius 3 is 1.92 bits per heavy atom. The fraction of sp³-hybridized carbons (Fsp3) is 0.400. The molecule has 0 spiro atoms. The fourth-order valence-corrected chi connectivity index (χ4v) is 4.20. The second-order valence-corrected chi connectivity index (χ2v) is 9.04. The van der Waals surface area contributed by atoms with E-state index in [0.29, 0.717) is 0 Å². The predicted octanol–water partition coefficient (Wildman–Crippen LogP) is 3.23. The van der Waals surface area contributed by atoms with Crippen LogP contribution in [0.1, 0.15) is 42.3 Å². The van der Waals surface area contributed by atoms with Gasteiger partial charge >= 0.3 is 28.0 Å². The van der Waals surface area contributed by atoms with Gasteiger partial charge in [-0.15, -0.1) is 0 Å². The number of esters is 3. The summed E-state index contributed by atoms with van der Waals surface area (Å²) in [4.78, 5) is 37.9. The van der Waals surface area contributed by atoms with Gasteiger partial charge in [0.05, 0.1) is 26.9 Å². The van der Waals surface area contributed by atoms with Gasteiger partial charge in [-0.25, -0.2) is 4.79 Å². The zero-order valence-corrected chi connectivity index (χ0v) is 21.7. The first-order valence-electron chi connectivity index (χ1n) is 11.3. The van der Waals surface area contributed by atoms with E-state index < -0.39 is 33.9 Å². The molecule has 11 heteroatoms. The van der Waals surface area contributed by atoms with Crippen molar-refractivity contribution in [2.75, 3.05) is 26.9 Å². The highest BCUT2D eigenvalue weighted by Crippen LogP contribution is 2.34. The monoisotopic (exact) mass is 522 g/mol. The molecule has 0 atom stereocenters. The zero-order chi connectivity index (χ0) is 26.9. The standard InChI is InChI=1S/C25H30O10S/c1-6-32-23(26)20(24(27)33-7-2)14-17-13-18(31-5)15-21(22(17)25(28)34-8-3)35-36(29,30)19-11-9-16(4)10-12-19/h9-13,15,20H,6-8,14H2,1-5H3. The number of carbonyl (C=O) groups is 3. The van der Waals surface area contributed by atoms with Gasteiger partial charge in [0.25, 0.3) is 0 Å². The molecule has 0 N–H and O–H groups in total. The molecule has 0 aliphatic rings. The minimum absolute atomic E-state index is 0.0146. The molecule has 0 aliphatic carbocycles. The minimum atomic E-state index is -4.37. The second-order valence-electron chi connectivity index (χ2n) is 7.49. The van der Waals surface area contributed by atoms with Crippen LogP contribution in [0.3, 0.4) is 0 Å². The SMILES string of the molecule is CCOC(=O)c1c(CC(C(=O)OCC)C(=O)OCC)cc(OC)cc1OS(=O)(=O)c1ccc(C)cc1. The van der Waals surface area contributed by atoms with Crippen molar-refractivity contribution < 1.29 is 45.9 Å². The van der Waals surface area contributed by atoms with Gasteiger partial charge in [0, 0.05) is 6.07 Å². The van der Waals surface area contributed by atoms with Gasteiger partial charge in [-0.3, -0.25) is 9.59 Å². The van der Waals surface area contributed by atoms with Crippen LogP contribution in [0.2, 0.25) is 0 Å². The van der Waals surface area contributed by atoms with E-state index in [9.17, 15) is 22.8 Å². The van der Waals surface area contributed by atoms with E-state index in [-0.39, 0.29) is 53.8 Å². The van der Waals surface area contributed by atoms with E-state index >= 15 is 0 Å². The van der Waals surface area contributed by atoms with Crippen LogP contribution in [0, 0.1) is 12.8 Å². The van der Waals surface area contributed by atoms with Crippen molar-refractivity contribution in [1.82, 2.24) is 0 Å². The lowest BCUT2D eigenvalue weighted by Crippen LogP contribution is -2.30. The summed E-state index contributed by atoms with van der Waals surface area (Å²) >= 11 is 0. The molecular weight excluding hydrogens is 492 g/mol. The number of hydrogen-bond acceptors (Lipinski definition) is 10. The van der Waals surface area contributed by atoms with Crippen LogP contribution in [0.15, 0.2) is 41.3 Å². The van der Waals surface area contributed by atoms with Crippen LogP contribution >= 0.6 is 0 Å². The molecule has 2 rings (SSSR count). The van der Waals surface area contributed by atoms with Crippen molar-refractivity contribution in [1.29, 1.82) is 0 Å². The third-order valence-electron chi connectivity index (χ3n) is 4.95. The molecule has 0 amide bonds. The third-order valence-corrected chi connectivity index (χ3v) is 6.20. The van der Waals surface area contributed by atoms with Crippen molar-refractivity contribution >= 4 is 28.0 Å². The summed E-state index contributed by atoms with van der Waals surface area (Å²) < 4.78 is 51.8. The summed E-state index contributed by atoms with van der Waals surface area (Å²) in [6, 6.07) is 8.54. The Kier molecular flexibility index (Phi) is 10.3. The summed E-state index contributed by atoms with van der Waals surface area (Å²) in [5.74, 6) is -4.30. The normalized spacial score (nSPS) is 11.1. The highest BCUT2D eigenvalue weighted by Gasteiger charge is 2.34. The maximum absolute atomic E-state index is 13.0. The Hall–Kier alpha value is -3.60. The van der Waals surface area contributed by atoms with Gasteiger partial charge in [0.15, 0.2) is 11.7 Å². The molecule has 2 aromatic carbocycles. The molecule has 36 heavy (non-hydrogen) atoms. The largest absolute Gasteiger partial charge is 0.497 e. The maximum atomic E-state index is 13.0. The molecule has 196 valence electrons. The smallest absolute Gasteiger partial charge is 0.342 e. The lowest BCUT2D eigenvalue weighted by atomic mass is 9.94. The lowest BCUT2D eigenvalue weighted by molar-refractivity contribution is -0.161. The average molecular weight is 523 g/mol. The van der Waals surface area contributed by atoms with Gasteiger partial charge in [-0.1, -0.05) is 17.7 Å². The Bertz CT molecular complexity index is 1170. The Morgan fingerprint density at radius 1 is 0.861 bits per heavy atom. The van der Waals surface area contributed by atoms with Crippen LogP contribution < -0.4 is 8.92 Å². The van der Waals surface area contributed by atoms with E-state index in [4.69, 9.17) is 23.1 Å². The van der Waals surface area contributed by atoms with Gasteiger partial charge in [-0.05, 0) is 57.9 Å². The zero-order valence-electron chi connectivity index (χ0n) is 20.9. The topological polar surface area (TPSA) is 132 Å². The van der Waals surface area contributed by atoms with E-state index in [1.165, 1.54) is 31.4 Å². The van der Waals surface area contributed by atoms with Crippen LogP contribution in [0.25, 0.3) is 0 Å². The average Bonchev–Trinajstić information content (AvgIpc) is 2.82. The number of ether oxygens (including phenoxy) is 4. The molecule has 0 aromatic heterocycles. The first kappa shape index (κ1) is 28.6. The molecule has 0 fully saturated rings. The Morgan fingerprint density at radius 2 is 1.42 bits per heavy atom. The van der Waals surface area contributed by atoms with E-state index in [1.807, 2.05) is 0 Å². The molecule has 0 bridgehead atoms. The number of carbonyl (C=O) groups excluding carboxylic acids is 3. The summed E-state index contributed by atoms with van der Waals surface area (Å²) in [5, 5.41) is 0. The van der Waals surface area contributed by atoms with Gasteiger partial charge in [-0.2, -0.15) is 8.42 Å². The summed E-state index contributed by atoms with van der Waals surface area (Å²) in [6.45, 7) is 6.54. The highest BCUT2D eigenvalue weighted by molar-refractivity contribution is 7.87. The first-order valence-corrected chi connectivity index (χ1v) is 12.7. The lowest BCUT2D eigenvalue weighted by Gasteiger charge is -2.19. The molecule has 0 unspecified atom stereocenters. The minimum Gasteiger partial charge on any atom is -0.497 e. The highest BCUT2D eigenvalue weighted by atomic mass is 32.2. The van der Waals surface area contributed by atoms with Gasteiger partial charge < -0.3 is 23.1 Å². The van der Waals surface area contributed by atoms with Crippen LogP contribution in [-0.4, -0.2) is 53.3 Å². The van der Waals surface area contributed by atoms with E-state index in [0.717, 1.165) is 5.56 Å². The molecule has 0 saturated heterocycles. The second kappa shape index (κ2) is 12.9. The van der Waals surface area contributed by atoms with Crippen molar-refractivity contribution in [3.63, 3.8) is 0 Å². The quantitative estimate of drug-likeness (QED) is 0.177. The molecule has 0 heterocycles. The number of benzene rings is 2. The molecule has 10 nitrogen and oxygen atoms in total. The summed E-state index contributed by atoms with van der Waals surface area (Å²) in [5.41, 5.74) is 0.647. The van der Waals surface area contributed by atoms with Gasteiger partial charge in [0.2, 0.25) is 0 Å². The molecular formula is C25H30O10S. The van der Waals surface area contributed by atoms with Crippen LogP contribution in [0.5, 0.6) is 11.5 Å².